The number of nitrogens with zero attached hydrogens (tertiary/aromatic N) is 2. The van der Waals surface area contributed by atoms with Gasteiger partial charge in [0.05, 0.1) is 11.7 Å². The van der Waals surface area contributed by atoms with E-state index < -0.39 is 0 Å². The minimum Gasteiger partial charge on any atom is -0.173 e. The van der Waals surface area contributed by atoms with Gasteiger partial charge in [-0.2, -0.15) is 8.75 Å². The summed E-state index contributed by atoms with van der Waals surface area (Å²) in [5.74, 6) is 1.74. The Labute approximate surface area is 148 Å². The normalized spacial score (nSPS) is 21.2. The van der Waals surface area contributed by atoms with Gasteiger partial charge >= 0.3 is 0 Å². The standard InChI is InChI=1S/C21H24N2S/c1-2-3-15-4-6-16(7-5-15)17-8-10-18(11-9-17)19-12-13-20-21(14-19)23-24-22-20/h8-16H,2-7H2,1H3. The summed E-state index contributed by atoms with van der Waals surface area (Å²) in [5, 5.41) is 0. The van der Waals surface area contributed by atoms with E-state index in [9.17, 15) is 0 Å². The molecule has 3 heteroatoms. The average Bonchev–Trinajstić information content (AvgIpc) is 3.11. The lowest BCUT2D eigenvalue weighted by atomic mass is 9.77. The van der Waals surface area contributed by atoms with Gasteiger partial charge in [-0.25, -0.2) is 0 Å². The largest absolute Gasteiger partial charge is 0.173 e. The zero-order valence-electron chi connectivity index (χ0n) is 14.2. The van der Waals surface area contributed by atoms with Crippen molar-refractivity contribution in [2.45, 2.75) is 51.4 Å². The summed E-state index contributed by atoms with van der Waals surface area (Å²) in [7, 11) is 0. The molecule has 0 N–H and O–H groups in total. The van der Waals surface area contributed by atoms with Crippen LogP contribution in [0.5, 0.6) is 0 Å². The van der Waals surface area contributed by atoms with Crippen molar-refractivity contribution in [3.63, 3.8) is 0 Å². The predicted octanol–water partition coefficient (Wildman–Crippen LogP) is 6.43. The predicted molar refractivity (Wildman–Crippen MR) is 102 cm³/mol. The van der Waals surface area contributed by atoms with Crippen molar-refractivity contribution in [3.05, 3.63) is 48.0 Å². The summed E-state index contributed by atoms with van der Waals surface area (Å²) >= 11 is 1.28. The Hall–Kier alpha value is -1.74. The van der Waals surface area contributed by atoms with Gasteiger partial charge in [-0.3, -0.25) is 0 Å². The van der Waals surface area contributed by atoms with Gasteiger partial charge in [0.25, 0.3) is 0 Å². The Morgan fingerprint density at radius 3 is 2.33 bits per heavy atom. The number of hydrogen-bond acceptors (Lipinski definition) is 3. The maximum atomic E-state index is 4.35. The second-order valence-electron chi connectivity index (χ2n) is 7.10. The molecule has 24 heavy (non-hydrogen) atoms. The van der Waals surface area contributed by atoms with Crippen LogP contribution in [0.3, 0.4) is 0 Å². The van der Waals surface area contributed by atoms with Crippen LogP contribution in [0.15, 0.2) is 42.5 Å². The maximum Gasteiger partial charge on any atom is 0.105 e. The molecule has 1 heterocycles. The van der Waals surface area contributed by atoms with E-state index in [0.717, 1.165) is 22.9 Å². The van der Waals surface area contributed by atoms with Crippen LogP contribution in [0.25, 0.3) is 22.2 Å². The fourth-order valence-corrected chi connectivity index (χ4v) is 4.62. The Morgan fingerprint density at radius 2 is 1.58 bits per heavy atom. The second-order valence-corrected chi connectivity index (χ2v) is 7.62. The summed E-state index contributed by atoms with van der Waals surface area (Å²) in [6.07, 6.45) is 8.30. The summed E-state index contributed by atoms with van der Waals surface area (Å²) < 4.78 is 8.63. The van der Waals surface area contributed by atoms with Crippen molar-refractivity contribution < 1.29 is 0 Å². The third kappa shape index (κ3) is 3.23. The second kappa shape index (κ2) is 7.02. The lowest BCUT2D eigenvalue weighted by molar-refractivity contribution is 0.308. The van der Waals surface area contributed by atoms with Crippen molar-refractivity contribution in [3.8, 4) is 11.1 Å². The SMILES string of the molecule is CCCC1CCC(c2ccc(-c3ccc4nsnc4c3)cc2)CC1. The van der Waals surface area contributed by atoms with E-state index in [1.165, 1.54) is 66.9 Å². The molecule has 1 aromatic heterocycles. The van der Waals surface area contributed by atoms with Crippen LogP contribution in [-0.4, -0.2) is 8.75 Å². The first-order chi connectivity index (χ1) is 11.8. The molecule has 0 spiro atoms. The zero-order chi connectivity index (χ0) is 16.4. The van der Waals surface area contributed by atoms with E-state index in [2.05, 4.69) is 58.1 Å². The number of rotatable bonds is 4. The van der Waals surface area contributed by atoms with Gasteiger partial charge in [0, 0.05) is 0 Å². The molecule has 0 bridgehead atoms. The van der Waals surface area contributed by atoms with Gasteiger partial charge in [0.15, 0.2) is 0 Å². The van der Waals surface area contributed by atoms with Crippen molar-refractivity contribution in [2.24, 2.45) is 5.92 Å². The fourth-order valence-electron chi connectivity index (χ4n) is 4.10. The zero-order valence-corrected chi connectivity index (χ0v) is 15.1. The molecule has 1 aliphatic rings. The molecule has 2 aromatic carbocycles. The summed E-state index contributed by atoms with van der Waals surface area (Å²) in [4.78, 5) is 0. The van der Waals surface area contributed by atoms with Crippen molar-refractivity contribution in [1.29, 1.82) is 0 Å². The fraction of sp³-hybridized carbons (Fsp3) is 0.429. The molecule has 0 amide bonds. The minimum atomic E-state index is 0.761. The van der Waals surface area contributed by atoms with Gasteiger partial charge in [0.2, 0.25) is 0 Å². The van der Waals surface area contributed by atoms with Crippen LogP contribution < -0.4 is 0 Å². The number of aromatic nitrogens is 2. The Bertz CT molecular complexity index is 798. The number of fused-ring (bicyclic) bond motifs is 1. The molecular formula is C21H24N2S. The molecule has 3 aromatic rings. The summed E-state index contributed by atoms with van der Waals surface area (Å²) in [6, 6.07) is 15.6. The molecule has 124 valence electrons. The lowest BCUT2D eigenvalue weighted by Crippen LogP contribution is -2.13. The first-order valence-corrected chi connectivity index (χ1v) is 9.89. The van der Waals surface area contributed by atoms with Crippen LogP contribution in [0.1, 0.15) is 56.9 Å². The third-order valence-corrected chi connectivity index (χ3v) is 6.07. The van der Waals surface area contributed by atoms with Crippen molar-refractivity contribution >= 4 is 22.8 Å². The van der Waals surface area contributed by atoms with Crippen LogP contribution in [0, 0.1) is 5.92 Å². The highest BCUT2D eigenvalue weighted by atomic mass is 32.1. The Kier molecular flexibility index (Phi) is 4.61. The van der Waals surface area contributed by atoms with Gasteiger partial charge in [0.1, 0.15) is 11.0 Å². The van der Waals surface area contributed by atoms with Crippen molar-refractivity contribution in [1.82, 2.24) is 8.75 Å². The smallest absolute Gasteiger partial charge is 0.105 e. The Balaban J connectivity index is 1.48. The van der Waals surface area contributed by atoms with Crippen LogP contribution in [0.4, 0.5) is 0 Å². The monoisotopic (exact) mass is 336 g/mol. The van der Waals surface area contributed by atoms with Crippen molar-refractivity contribution in [2.75, 3.05) is 0 Å². The summed E-state index contributed by atoms with van der Waals surface area (Å²) in [5.41, 5.74) is 6.01. The van der Waals surface area contributed by atoms with E-state index >= 15 is 0 Å². The van der Waals surface area contributed by atoms with Gasteiger partial charge in [-0.15, -0.1) is 0 Å². The first kappa shape index (κ1) is 15.8. The van der Waals surface area contributed by atoms with E-state index in [0.29, 0.717) is 0 Å². The van der Waals surface area contributed by atoms with Crippen LogP contribution in [-0.2, 0) is 0 Å². The van der Waals surface area contributed by atoms with E-state index in [1.54, 1.807) is 0 Å². The topological polar surface area (TPSA) is 25.8 Å². The molecule has 0 atom stereocenters. The molecular weight excluding hydrogens is 312 g/mol. The molecule has 4 rings (SSSR count). The molecule has 1 fully saturated rings. The molecule has 1 saturated carbocycles. The van der Waals surface area contributed by atoms with Gasteiger partial charge in [-0.1, -0.05) is 50.1 Å². The minimum absolute atomic E-state index is 0.761. The molecule has 1 aliphatic carbocycles. The average molecular weight is 337 g/mol. The Morgan fingerprint density at radius 1 is 0.875 bits per heavy atom. The first-order valence-electron chi connectivity index (χ1n) is 9.16. The highest BCUT2D eigenvalue weighted by molar-refractivity contribution is 7.00. The highest BCUT2D eigenvalue weighted by Gasteiger charge is 2.21. The third-order valence-electron chi connectivity index (χ3n) is 5.51. The van der Waals surface area contributed by atoms with E-state index in [1.807, 2.05) is 0 Å². The maximum absolute atomic E-state index is 4.35. The van der Waals surface area contributed by atoms with E-state index in [-0.39, 0.29) is 0 Å². The molecule has 2 nitrogen and oxygen atoms in total. The summed E-state index contributed by atoms with van der Waals surface area (Å²) in [6.45, 7) is 2.31. The number of hydrogen-bond donors (Lipinski definition) is 0. The van der Waals surface area contributed by atoms with Crippen LogP contribution in [0.2, 0.25) is 0 Å². The van der Waals surface area contributed by atoms with E-state index in [4.69, 9.17) is 0 Å². The number of benzene rings is 2. The molecule has 0 saturated heterocycles. The van der Waals surface area contributed by atoms with Gasteiger partial charge in [-0.05, 0) is 66.3 Å². The highest BCUT2D eigenvalue weighted by Crippen LogP contribution is 2.38. The molecule has 0 unspecified atom stereocenters. The molecule has 0 aliphatic heterocycles. The van der Waals surface area contributed by atoms with Crippen LogP contribution >= 0.6 is 11.7 Å². The lowest BCUT2D eigenvalue weighted by Gasteiger charge is -2.28. The molecule has 0 radical (unpaired) electrons. The quantitative estimate of drug-likeness (QED) is 0.548. The van der Waals surface area contributed by atoms with Gasteiger partial charge < -0.3 is 0 Å².